The van der Waals surface area contributed by atoms with Crippen molar-refractivity contribution >= 4 is 18.0 Å². The lowest BCUT2D eigenvalue weighted by atomic mass is 9.85. The van der Waals surface area contributed by atoms with E-state index in [4.69, 9.17) is 5.73 Å². The Morgan fingerprint density at radius 2 is 1.92 bits per heavy atom. The Morgan fingerprint density at radius 3 is 2.54 bits per heavy atom. The number of carbonyl (C=O) groups is 2. The van der Waals surface area contributed by atoms with Crippen LogP contribution in [0.3, 0.4) is 0 Å². The standard InChI is InChI=1S/C29H46FN7O2/c1-6-23(30)17-33-20(4)26(27(31)34-19(2)3)28(38)35-25-18-32-12-11-24(25)21-7-9-22(10-8-21)29(39)37-15-13-36(5)14-16-37/h7-10,17,20,23-27,32,34H,2,6,11-16,18,31H2,1,3-5H3,(H,35,38). The van der Waals surface area contributed by atoms with Crippen LogP contribution in [0, 0.1) is 5.92 Å². The highest BCUT2D eigenvalue weighted by atomic mass is 19.1. The number of alkyl halides is 1. The summed E-state index contributed by atoms with van der Waals surface area (Å²) in [5, 5.41) is 9.61. The van der Waals surface area contributed by atoms with Crippen LogP contribution in [0.4, 0.5) is 4.39 Å². The third-order valence-electron chi connectivity index (χ3n) is 7.68. The van der Waals surface area contributed by atoms with Crippen molar-refractivity contribution in [2.45, 2.75) is 64.0 Å². The van der Waals surface area contributed by atoms with E-state index in [0.717, 1.165) is 44.7 Å². The first kappa shape index (κ1) is 30.7. The van der Waals surface area contributed by atoms with Gasteiger partial charge in [0.2, 0.25) is 5.91 Å². The van der Waals surface area contributed by atoms with Crippen molar-refractivity contribution in [1.29, 1.82) is 0 Å². The first-order valence-corrected chi connectivity index (χ1v) is 14.0. The van der Waals surface area contributed by atoms with Crippen molar-refractivity contribution in [3.63, 3.8) is 0 Å². The SMILES string of the molecule is C=C(C)NC(N)C(C(=O)NC1CNCCC1c1ccc(C(=O)N2CCN(C)CC2)cc1)C(C)N=CC(F)CC. The fraction of sp³-hybridized carbons (Fsp3) is 0.621. The Morgan fingerprint density at radius 1 is 1.26 bits per heavy atom. The van der Waals surface area contributed by atoms with Crippen LogP contribution in [-0.2, 0) is 4.79 Å². The van der Waals surface area contributed by atoms with E-state index in [1.807, 2.05) is 29.2 Å². The van der Waals surface area contributed by atoms with Crippen molar-refractivity contribution in [2.75, 3.05) is 46.3 Å². The zero-order chi connectivity index (χ0) is 28.5. The van der Waals surface area contributed by atoms with Crippen molar-refractivity contribution in [2.24, 2.45) is 16.6 Å². The molecular weight excluding hydrogens is 497 g/mol. The molecule has 0 aliphatic carbocycles. The Kier molecular flexibility index (Phi) is 11.4. The highest BCUT2D eigenvalue weighted by Gasteiger charge is 2.35. The lowest BCUT2D eigenvalue weighted by Crippen LogP contribution is -2.57. The predicted molar refractivity (Wildman–Crippen MR) is 155 cm³/mol. The average molecular weight is 544 g/mol. The first-order valence-electron chi connectivity index (χ1n) is 14.0. The zero-order valence-corrected chi connectivity index (χ0v) is 23.8. The van der Waals surface area contributed by atoms with Gasteiger partial charge in [0.25, 0.3) is 5.91 Å². The van der Waals surface area contributed by atoms with Crippen LogP contribution >= 0.6 is 0 Å². The van der Waals surface area contributed by atoms with Crippen molar-refractivity contribution in [3.05, 3.63) is 47.7 Å². The number of nitrogens with zero attached hydrogens (tertiary/aromatic N) is 3. The van der Waals surface area contributed by atoms with Crippen LogP contribution in [0.15, 0.2) is 41.5 Å². The molecule has 2 saturated heterocycles. The summed E-state index contributed by atoms with van der Waals surface area (Å²) in [6, 6.07) is 7.08. The number of piperazine rings is 1. The molecule has 10 heteroatoms. The molecule has 0 spiro atoms. The highest BCUT2D eigenvalue weighted by Crippen LogP contribution is 2.27. The number of rotatable bonds is 11. The van der Waals surface area contributed by atoms with Gasteiger partial charge in [0.15, 0.2) is 0 Å². The normalized spacial score (nSPS) is 23.6. The summed E-state index contributed by atoms with van der Waals surface area (Å²) in [4.78, 5) is 35.0. The van der Waals surface area contributed by atoms with Crippen molar-refractivity contribution in [3.8, 4) is 0 Å². The van der Waals surface area contributed by atoms with E-state index in [1.54, 1.807) is 20.8 Å². The lowest BCUT2D eigenvalue weighted by molar-refractivity contribution is -0.127. The molecule has 2 heterocycles. The van der Waals surface area contributed by atoms with E-state index in [9.17, 15) is 14.0 Å². The second-order valence-corrected chi connectivity index (χ2v) is 10.9. The molecule has 0 bridgehead atoms. The molecule has 216 valence electrons. The van der Waals surface area contributed by atoms with Gasteiger partial charge in [0.05, 0.1) is 18.1 Å². The summed E-state index contributed by atoms with van der Waals surface area (Å²) in [5.74, 6) is -0.843. The molecule has 2 fully saturated rings. The molecule has 2 aliphatic rings. The maximum atomic E-state index is 13.8. The first-order chi connectivity index (χ1) is 18.6. The van der Waals surface area contributed by atoms with Gasteiger partial charge >= 0.3 is 0 Å². The van der Waals surface area contributed by atoms with E-state index < -0.39 is 24.3 Å². The van der Waals surface area contributed by atoms with E-state index in [-0.39, 0.29) is 23.8 Å². The molecule has 9 nitrogen and oxygen atoms in total. The van der Waals surface area contributed by atoms with Crippen LogP contribution < -0.4 is 21.7 Å². The van der Waals surface area contributed by atoms with Crippen LogP contribution in [0.25, 0.3) is 0 Å². The van der Waals surface area contributed by atoms with E-state index >= 15 is 0 Å². The summed E-state index contributed by atoms with van der Waals surface area (Å²) in [6.45, 7) is 13.8. The zero-order valence-electron chi connectivity index (χ0n) is 23.8. The van der Waals surface area contributed by atoms with Gasteiger partial charge in [-0.25, -0.2) is 4.39 Å². The van der Waals surface area contributed by atoms with Gasteiger partial charge in [-0.2, -0.15) is 0 Å². The number of amides is 2. The minimum atomic E-state index is -1.17. The third kappa shape index (κ3) is 8.58. The summed E-state index contributed by atoms with van der Waals surface area (Å²) in [6.07, 6.45) is 0.515. The predicted octanol–water partition coefficient (Wildman–Crippen LogP) is 1.87. The number of likely N-dealkylation sites (N-methyl/N-ethyl adjacent to an activating group) is 1. The average Bonchev–Trinajstić information content (AvgIpc) is 2.92. The molecule has 0 saturated carbocycles. The lowest BCUT2D eigenvalue weighted by Gasteiger charge is -2.36. The largest absolute Gasteiger partial charge is 0.373 e. The molecule has 3 rings (SSSR count). The van der Waals surface area contributed by atoms with Crippen LogP contribution in [0.2, 0.25) is 0 Å². The molecular formula is C29H46FN7O2. The number of allylic oxidation sites excluding steroid dienone is 1. The number of halogens is 1. The Bertz CT molecular complexity index is 994. The maximum absolute atomic E-state index is 13.8. The summed E-state index contributed by atoms with van der Waals surface area (Å²) in [7, 11) is 2.07. The fourth-order valence-corrected chi connectivity index (χ4v) is 5.24. The Hall–Kier alpha value is -2.82. The van der Waals surface area contributed by atoms with Gasteiger partial charge in [-0.3, -0.25) is 14.6 Å². The van der Waals surface area contributed by atoms with E-state index in [0.29, 0.717) is 24.2 Å². The van der Waals surface area contributed by atoms with E-state index in [1.165, 1.54) is 6.21 Å². The summed E-state index contributed by atoms with van der Waals surface area (Å²) in [5.41, 5.74) is 8.76. The van der Waals surface area contributed by atoms with Gasteiger partial charge < -0.3 is 31.5 Å². The molecule has 6 atom stereocenters. The van der Waals surface area contributed by atoms with Gasteiger partial charge in [-0.1, -0.05) is 25.6 Å². The number of nitrogens with one attached hydrogen (secondary N) is 3. The molecule has 5 N–H and O–H groups in total. The topological polar surface area (TPSA) is 115 Å². The number of hydrogen-bond donors (Lipinski definition) is 4. The molecule has 1 aromatic rings. The number of piperidine rings is 1. The Labute approximate surface area is 232 Å². The van der Waals surface area contributed by atoms with E-state index in [2.05, 4.69) is 39.5 Å². The highest BCUT2D eigenvalue weighted by molar-refractivity contribution is 5.94. The van der Waals surface area contributed by atoms with Crippen LogP contribution in [-0.4, -0.2) is 98.6 Å². The fourth-order valence-electron chi connectivity index (χ4n) is 5.24. The Balaban J connectivity index is 1.73. The van der Waals surface area contributed by atoms with Crippen molar-refractivity contribution in [1.82, 2.24) is 25.8 Å². The molecule has 0 radical (unpaired) electrons. The second-order valence-electron chi connectivity index (χ2n) is 10.9. The quantitative estimate of drug-likeness (QED) is 0.250. The van der Waals surface area contributed by atoms with Gasteiger partial charge in [-0.15, -0.1) is 0 Å². The smallest absolute Gasteiger partial charge is 0.253 e. The third-order valence-corrected chi connectivity index (χ3v) is 7.68. The number of aliphatic imine (C=N–C) groups is 1. The molecule has 1 aromatic carbocycles. The minimum Gasteiger partial charge on any atom is -0.373 e. The van der Waals surface area contributed by atoms with Gasteiger partial charge in [0, 0.05) is 62.2 Å². The molecule has 2 aliphatic heterocycles. The van der Waals surface area contributed by atoms with Crippen LogP contribution in [0.5, 0.6) is 0 Å². The molecule has 39 heavy (non-hydrogen) atoms. The summed E-state index contributed by atoms with van der Waals surface area (Å²) >= 11 is 0. The maximum Gasteiger partial charge on any atom is 0.253 e. The number of nitrogens with two attached hydrogens (primary N) is 1. The van der Waals surface area contributed by atoms with Gasteiger partial charge in [0.1, 0.15) is 6.17 Å². The van der Waals surface area contributed by atoms with Crippen molar-refractivity contribution < 1.29 is 14.0 Å². The second kappa shape index (κ2) is 14.5. The van der Waals surface area contributed by atoms with Crippen LogP contribution in [0.1, 0.15) is 55.5 Å². The number of benzene rings is 1. The number of carbonyl (C=O) groups excluding carboxylic acids is 2. The number of hydrogen-bond acceptors (Lipinski definition) is 7. The molecule has 6 unspecified atom stereocenters. The molecule has 0 aromatic heterocycles. The molecule has 2 amide bonds. The summed E-state index contributed by atoms with van der Waals surface area (Å²) < 4.78 is 13.8. The van der Waals surface area contributed by atoms with Gasteiger partial charge in [-0.05, 0) is 58.0 Å². The monoisotopic (exact) mass is 543 g/mol. The minimum absolute atomic E-state index is 0.0554.